The molecule has 0 unspecified atom stereocenters. The van der Waals surface area contributed by atoms with Crippen molar-refractivity contribution in [3.63, 3.8) is 0 Å². The van der Waals surface area contributed by atoms with Gasteiger partial charge < -0.3 is 5.11 Å². The van der Waals surface area contributed by atoms with Gasteiger partial charge in [0.2, 0.25) is 0 Å². The van der Waals surface area contributed by atoms with Crippen LogP contribution in [0.4, 0.5) is 4.39 Å². The van der Waals surface area contributed by atoms with Crippen molar-refractivity contribution in [2.24, 2.45) is 0 Å². The predicted octanol–water partition coefficient (Wildman–Crippen LogP) is 2.05. The number of nitriles is 1. The maximum Gasteiger partial charge on any atom is 0.337 e. The van der Waals surface area contributed by atoms with Gasteiger partial charge in [-0.05, 0) is 12.1 Å². The lowest BCUT2D eigenvalue weighted by atomic mass is 10.1. The highest BCUT2D eigenvalue weighted by molar-refractivity contribution is 6.33. The molecule has 1 N–H and O–H groups in total. The van der Waals surface area contributed by atoms with E-state index >= 15 is 0 Å². The van der Waals surface area contributed by atoms with Crippen LogP contribution in [-0.2, 0) is 0 Å². The average Bonchev–Trinajstić information content (AvgIpc) is 2.09. The van der Waals surface area contributed by atoms with Crippen LogP contribution in [0.15, 0.2) is 12.1 Å². The molecule has 0 radical (unpaired) electrons. The number of benzene rings is 1. The summed E-state index contributed by atoms with van der Waals surface area (Å²) < 4.78 is 13.0. The molecule has 0 aliphatic rings. The second-order valence-electron chi connectivity index (χ2n) is 2.21. The number of carbonyl (C=O) groups is 1. The first-order valence-corrected chi connectivity index (χ1v) is 3.57. The van der Waals surface area contributed by atoms with Crippen molar-refractivity contribution in [2.75, 3.05) is 0 Å². The van der Waals surface area contributed by atoms with Gasteiger partial charge in [0.15, 0.2) is 5.82 Å². The van der Waals surface area contributed by atoms with Gasteiger partial charge in [-0.2, -0.15) is 5.26 Å². The molecule has 66 valence electrons. The third kappa shape index (κ3) is 1.60. The van der Waals surface area contributed by atoms with Gasteiger partial charge in [-0.15, -0.1) is 0 Å². The maximum atomic E-state index is 13.0. The molecule has 1 aromatic carbocycles. The van der Waals surface area contributed by atoms with Crippen LogP contribution in [0.3, 0.4) is 0 Å². The molecule has 0 saturated carbocycles. The maximum absolute atomic E-state index is 13.0. The number of hydrogen-bond donors (Lipinski definition) is 1. The lowest BCUT2D eigenvalue weighted by molar-refractivity contribution is 0.0696. The van der Waals surface area contributed by atoms with Crippen molar-refractivity contribution in [1.29, 1.82) is 5.26 Å². The van der Waals surface area contributed by atoms with Gasteiger partial charge in [-0.1, -0.05) is 11.6 Å². The quantitative estimate of drug-likeness (QED) is 0.753. The minimum Gasteiger partial charge on any atom is -0.478 e. The highest BCUT2D eigenvalue weighted by Crippen LogP contribution is 2.22. The molecule has 0 aliphatic carbocycles. The molecule has 0 atom stereocenters. The number of hydrogen-bond acceptors (Lipinski definition) is 2. The topological polar surface area (TPSA) is 61.1 Å². The fourth-order valence-electron chi connectivity index (χ4n) is 0.801. The zero-order valence-electron chi connectivity index (χ0n) is 6.21. The first-order valence-electron chi connectivity index (χ1n) is 3.19. The Morgan fingerprint density at radius 3 is 2.69 bits per heavy atom. The van der Waals surface area contributed by atoms with Crippen LogP contribution in [0.5, 0.6) is 0 Å². The molecule has 0 amide bonds. The number of aromatic carboxylic acids is 1. The number of carboxylic acid groups (broad SMARTS) is 1. The summed E-state index contributed by atoms with van der Waals surface area (Å²) in [7, 11) is 0. The van der Waals surface area contributed by atoms with E-state index in [9.17, 15) is 9.18 Å². The second-order valence-corrected chi connectivity index (χ2v) is 2.58. The fraction of sp³-hybridized carbons (Fsp3) is 0. The first kappa shape index (κ1) is 9.49. The molecule has 1 aromatic rings. The average molecular weight is 200 g/mol. The van der Waals surface area contributed by atoms with Gasteiger partial charge >= 0.3 is 5.97 Å². The molecular weight excluding hydrogens is 197 g/mol. The van der Waals surface area contributed by atoms with E-state index in [1.807, 2.05) is 0 Å². The van der Waals surface area contributed by atoms with Crippen LogP contribution in [0.1, 0.15) is 15.9 Å². The standard InChI is InChI=1S/C8H3ClFNO2/c9-6-5(8(12)13)2-1-4(3-11)7(6)10/h1-2H,(H,12,13). The van der Waals surface area contributed by atoms with Crippen LogP contribution in [0, 0.1) is 17.1 Å². The van der Waals surface area contributed by atoms with Crippen molar-refractivity contribution in [3.8, 4) is 6.07 Å². The lowest BCUT2D eigenvalue weighted by Crippen LogP contribution is -2.00. The van der Waals surface area contributed by atoms with Crippen LogP contribution >= 0.6 is 11.6 Å². The van der Waals surface area contributed by atoms with Crippen LogP contribution in [0.25, 0.3) is 0 Å². The van der Waals surface area contributed by atoms with E-state index in [1.165, 1.54) is 0 Å². The van der Waals surface area contributed by atoms with E-state index in [1.54, 1.807) is 6.07 Å². The molecule has 0 spiro atoms. The molecule has 5 heteroatoms. The number of carboxylic acids is 1. The summed E-state index contributed by atoms with van der Waals surface area (Å²) in [6.07, 6.45) is 0. The Kier molecular flexibility index (Phi) is 2.49. The Morgan fingerprint density at radius 1 is 1.62 bits per heavy atom. The lowest BCUT2D eigenvalue weighted by Gasteiger charge is -2.00. The van der Waals surface area contributed by atoms with E-state index in [2.05, 4.69) is 0 Å². The van der Waals surface area contributed by atoms with E-state index in [-0.39, 0.29) is 11.1 Å². The summed E-state index contributed by atoms with van der Waals surface area (Å²) in [5.74, 6) is -2.32. The number of rotatable bonds is 1. The van der Waals surface area contributed by atoms with Gasteiger partial charge in [0.1, 0.15) is 6.07 Å². The third-order valence-corrected chi connectivity index (χ3v) is 1.80. The Hall–Kier alpha value is -1.60. The summed E-state index contributed by atoms with van der Waals surface area (Å²) in [5, 5.41) is 16.4. The molecule has 0 saturated heterocycles. The Balaban J connectivity index is 3.42. The molecule has 0 aliphatic heterocycles. The Labute approximate surface area is 78.0 Å². The highest BCUT2D eigenvalue weighted by Gasteiger charge is 2.15. The van der Waals surface area contributed by atoms with Crippen molar-refractivity contribution in [1.82, 2.24) is 0 Å². The second kappa shape index (κ2) is 3.42. The third-order valence-electron chi connectivity index (χ3n) is 1.43. The minimum absolute atomic E-state index is 0.269. The van der Waals surface area contributed by atoms with E-state index in [0.717, 1.165) is 12.1 Å². The molecular formula is C8H3ClFNO2. The van der Waals surface area contributed by atoms with Gasteiger partial charge in [-0.25, -0.2) is 9.18 Å². The molecule has 3 nitrogen and oxygen atoms in total. The highest BCUT2D eigenvalue weighted by atomic mass is 35.5. The molecule has 13 heavy (non-hydrogen) atoms. The fourth-order valence-corrected chi connectivity index (χ4v) is 1.05. The van der Waals surface area contributed by atoms with E-state index in [4.69, 9.17) is 22.0 Å². The summed E-state index contributed by atoms with van der Waals surface area (Å²) in [4.78, 5) is 10.4. The van der Waals surface area contributed by atoms with E-state index in [0.29, 0.717) is 0 Å². The van der Waals surface area contributed by atoms with Gasteiger partial charge in [0.25, 0.3) is 0 Å². The molecule has 0 aromatic heterocycles. The SMILES string of the molecule is N#Cc1ccc(C(=O)O)c(Cl)c1F. The largest absolute Gasteiger partial charge is 0.478 e. The monoisotopic (exact) mass is 199 g/mol. The van der Waals surface area contributed by atoms with Crippen molar-refractivity contribution in [3.05, 3.63) is 34.1 Å². The normalized spacial score (nSPS) is 9.31. The summed E-state index contributed by atoms with van der Waals surface area (Å²) in [6, 6.07) is 3.71. The van der Waals surface area contributed by atoms with Crippen molar-refractivity contribution < 1.29 is 14.3 Å². The van der Waals surface area contributed by atoms with Gasteiger partial charge in [-0.3, -0.25) is 0 Å². The Morgan fingerprint density at radius 2 is 2.23 bits per heavy atom. The molecule has 0 heterocycles. The zero-order chi connectivity index (χ0) is 10.0. The van der Waals surface area contributed by atoms with E-state index < -0.39 is 16.8 Å². The number of nitrogens with zero attached hydrogens (tertiary/aromatic N) is 1. The number of halogens is 2. The minimum atomic E-state index is -1.33. The van der Waals surface area contributed by atoms with Gasteiger partial charge in [0, 0.05) is 0 Å². The summed E-state index contributed by atoms with van der Waals surface area (Å²) >= 11 is 5.37. The molecule has 0 fully saturated rings. The van der Waals surface area contributed by atoms with Crippen molar-refractivity contribution >= 4 is 17.6 Å². The molecule has 1 rings (SSSR count). The van der Waals surface area contributed by atoms with Crippen LogP contribution < -0.4 is 0 Å². The van der Waals surface area contributed by atoms with Gasteiger partial charge in [0.05, 0.1) is 16.1 Å². The van der Waals surface area contributed by atoms with Crippen LogP contribution in [0.2, 0.25) is 5.02 Å². The van der Waals surface area contributed by atoms with Crippen molar-refractivity contribution in [2.45, 2.75) is 0 Å². The predicted molar refractivity (Wildman–Crippen MR) is 43.1 cm³/mol. The first-order chi connectivity index (χ1) is 6.07. The summed E-state index contributed by atoms with van der Waals surface area (Å²) in [5.41, 5.74) is -0.617. The zero-order valence-corrected chi connectivity index (χ0v) is 6.97. The smallest absolute Gasteiger partial charge is 0.337 e. The van der Waals surface area contributed by atoms with Crippen LogP contribution in [-0.4, -0.2) is 11.1 Å². The Bertz CT molecular complexity index is 411. The molecule has 0 bridgehead atoms. The summed E-state index contributed by atoms with van der Waals surface area (Å²) in [6.45, 7) is 0.